The summed E-state index contributed by atoms with van der Waals surface area (Å²) in [7, 11) is -2.65. The van der Waals surface area contributed by atoms with Crippen LogP contribution in [0.4, 0.5) is 5.69 Å². The monoisotopic (exact) mass is 280 g/mol. The molecule has 0 fully saturated rings. The second-order valence-corrected chi connectivity index (χ2v) is 5.23. The van der Waals surface area contributed by atoms with Gasteiger partial charge in [0, 0.05) is 29.7 Å². The van der Waals surface area contributed by atoms with Gasteiger partial charge in [-0.3, -0.25) is 9.97 Å². The highest BCUT2D eigenvalue weighted by atomic mass is 32.2. The Bertz CT molecular complexity index is 701. The molecule has 0 aliphatic carbocycles. The van der Waals surface area contributed by atoms with Crippen molar-refractivity contribution in [1.29, 1.82) is 0 Å². The van der Waals surface area contributed by atoms with E-state index in [1.54, 1.807) is 0 Å². The average molecular weight is 280 g/mol. The lowest BCUT2D eigenvalue weighted by atomic mass is 10.1. The molecule has 1 aromatic heterocycles. The Kier molecular flexibility index (Phi) is 3.36. The van der Waals surface area contributed by atoms with Crippen molar-refractivity contribution in [3.05, 3.63) is 30.7 Å². The van der Waals surface area contributed by atoms with Gasteiger partial charge in [-0.1, -0.05) is 0 Å². The van der Waals surface area contributed by atoms with E-state index in [4.69, 9.17) is 15.6 Å². The maximum Gasteiger partial charge on any atom is 0.242 e. The number of hydrogen-bond acceptors (Lipinski definition) is 6. The third-order valence-corrected chi connectivity index (χ3v) is 3.41. The van der Waals surface area contributed by atoms with Gasteiger partial charge >= 0.3 is 0 Å². The predicted molar refractivity (Wildman–Crippen MR) is 69.8 cm³/mol. The number of anilines is 1. The first-order valence-corrected chi connectivity index (χ1v) is 6.75. The van der Waals surface area contributed by atoms with Crippen molar-refractivity contribution in [2.75, 3.05) is 12.8 Å². The minimum Gasteiger partial charge on any atom is -0.495 e. The molecule has 0 aliphatic rings. The number of ether oxygens (including phenoxy) is 1. The number of rotatable bonds is 3. The van der Waals surface area contributed by atoms with Gasteiger partial charge in [-0.2, -0.15) is 0 Å². The van der Waals surface area contributed by atoms with Crippen molar-refractivity contribution in [1.82, 2.24) is 9.97 Å². The molecule has 8 heteroatoms. The molecule has 0 atom stereocenters. The van der Waals surface area contributed by atoms with Crippen molar-refractivity contribution >= 4 is 15.7 Å². The molecular formula is C11H12N4O3S. The molecule has 0 aliphatic heterocycles. The Morgan fingerprint density at radius 3 is 2.53 bits per heavy atom. The standard InChI is InChI=1S/C11H12N4O3S/c1-18-10-5-7(12)4-8(11(10)19(13,16)17)9-6-14-2-3-15-9/h2-6H,12H2,1H3,(H2,13,16,17). The molecule has 1 heterocycles. The van der Waals surface area contributed by atoms with E-state index in [1.165, 1.54) is 37.8 Å². The van der Waals surface area contributed by atoms with Crippen LogP contribution in [0.15, 0.2) is 35.6 Å². The van der Waals surface area contributed by atoms with Crippen LogP contribution in [0.2, 0.25) is 0 Å². The molecule has 100 valence electrons. The fraction of sp³-hybridized carbons (Fsp3) is 0.0909. The fourth-order valence-corrected chi connectivity index (χ4v) is 2.59. The van der Waals surface area contributed by atoms with Gasteiger partial charge in [-0.15, -0.1) is 0 Å². The molecule has 2 rings (SSSR count). The van der Waals surface area contributed by atoms with Crippen LogP contribution in [0.1, 0.15) is 0 Å². The van der Waals surface area contributed by atoms with Crippen LogP contribution in [0.25, 0.3) is 11.3 Å². The van der Waals surface area contributed by atoms with Gasteiger partial charge in [0.2, 0.25) is 10.0 Å². The molecule has 0 unspecified atom stereocenters. The summed E-state index contributed by atoms with van der Waals surface area (Å²) in [6, 6.07) is 2.85. The lowest BCUT2D eigenvalue weighted by Crippen LogP contribution is -2.15. The Balaban J connectivity index is 2.83. The summed E-state index contributed by atoms with van der Waals surface area (Å²) in [6.45, 7) is 0. The van der Waals surface area contributed by atoms with Crippen LogP contribution < -0.4 is 15.6 Å². The van der Waals surface area contributed by atoms with Crippen molar-refractivity contribution in [3.8, 4) is 17.0 Å². The average Bonchev–Trinajstić information content (AvgIpc) is 2.37. The summed E-state index contributed by atoms with van der Waals surface area (Å²) in [5, 5.41) is 5.22. The van der Waals surface area contributed by atoms with E-state index in [1.807, 2.05) is 0 Å². The number of primary sulfonamides is 1. The van der Waals surface area contributed by atoms with Crippen LogP contribution in [0.3, 0.4) is 0 Å². The number of aromatic nitrogens is 2. The minimum atomic E-state index is -3.99. The van der Waals surface area contributed by atoms with Gasteiger partial charge in [-0.05, 0) is 6.07 Å². The molecule has 1 aromatic carbocycles. The van der Waals surface area contributed by atoms with E-state index in [-0.39, 0.29) is 16.2 Å². The first-order chi connectivity index (χ1) is 8.93. The lowest BCUT2D eigenvalue weighted by Gasteiger charge is -2.12. The first kappa shape index (κ1) is 13.2. The third kappa shape index (κ3) is 2.64. The molecule has 0 saturated heterocycles. The summed E-state index contributed by atoms with van der Waals surface area (Å²) < 4.78 is 28.5. The van der Waals surface area contributed by atoms with Crippen LogP contribution in [-0.4, -0.2) is 25.5 Å². The van der Waals surface area contributed by atoms with Gasteiger partial charge in [0.25, 0.3) is 0 Å². The first-order valence-electron chi connectivity index (χ1n) is 5.20. The second kappa shape index (κ2) is 4.82. The molecule has 0 bridgehead atoms. The Hall–Kier alpha value is -2.19. The lowest BCUT2D eigenvalue weighted by molar-refractivity contribution is 0.403. The zero-order chi connectivity index (χ0) is 14.0. The second-order valence-electron chi connectivity index (χ2n) is 3.74. The van der Waals surface area contributed by atoms with Crippen LogP contribution >= 0.6 is 0 Å². The normalized spacial score (nSPS) is 11.3. The number of nitrogens with zero attached hydrogens (tertiary/aromatic N) is 2. The molecule has 0 spiro atoms. The Labute approximate surface area is 110 Å². The predicted octanol–water partition coefficient (Wildman–Crippen LogP) is 0.382. The van der Waals surface area contributed by atoms with E-state index < -0.39 is 10.0 Å². The zero-order valence-corrected chi connectivity index (χ0v) is 10.9. The van der Waals surface area contributed by atoms with Crippen LogP contribution in [-0.2, 0) is 10.0 Å². The molecule has 19 heavy (non-hydrogen) atoms. The molecule has 0 amide bonds. The minimum absolute atomic E-state index is 0.0724. The summed E-state index contributed by atoms with van der Waals surface area (Å²) >= 11 is 0. The number of benzene rings is 1. The molecule has 0 radical (unpaired) electrons. The highest BCUT2D eigenvalue weighted by molar-refractivity contribution is 7.89. The van der Waals surface area contributed by atoms with Crippen molar-refractivity contribution in [2.45, 2.75) is 4.90 Å². The zero-order valence-electron chi connectivity index (χ0n) is 10.1. The van der Waals surface area contributed by atoms with Crippen molar-refractivity contribution in [2.24, 2.45) is 5.14 Å². The third-order valence-electron chi connectivity index (χ3n) is 2.42. The van der Waals surface area contributed by atoms with E-state index >= 15 is 0 Å². The van der Waals surface area contributed by atoms with Crippen LogP contribution in [0, 0.1) is 0 Å². The van der Waals surface area contributed by atoms with E-state index in [0.29, 0.717) is 11.4 Å². The number of hydrogen-bond donors (Lipinski definition) is 2. The summed E-state index contributed by atoms with van der Waals surface area (Å²) in [5.74, 6) is 0.0724. The Morgan fingerprint density at radius 2 is 2.00 bits per heavy atom. The summed E-state index contributed by atoms with van der Waals surface area (Å²) in [4.78, 5) is 7.77. The van der Waals surface area contributed by atoms with Gasteiger partial charge in [-0.25, -0.2) is 13.6 Å². The maximum atomic E-state index is 11.7. The van der Waals surface area contributed by atoms with Crippen LogP contribution in [0.5, 0.6) is 5.75 Å². The number of nitrogens with two attached hydrogens (primary N) is 2. The molecule has 2 aromatic rings. The number of methoxy groups -OCH3 is 1. The highest BCUT2D eigenvalue weighted by Gasteiger charge is 2.22. The summed E-state index contributed by atoms with van der Waals surface area (Å²) in [6.07, 6.45) is 4.34. The quantitative estimate of drug-likeness (QED) is 0.784. The van der Waals surface area contributed by atoms with E-state index in [9.17, 15) is 8.42 Å². The number of sulfonamides is 1. The van der Waals surface area contributed by atoms with Crippen molar-refractivity contribution in [3.63, 3.8) is 0 Å². The molecule has 0 saturated carbocycles. The van der Waals surface area contributed by atoms with E-state index in [2.05, 4.69) is 9.97 Å². The van der Waals surface area contributed by atoms with Gasteiger partial charge in [0.1, 0.15) is 10.6 Å². The highest BCUT2D eigenvalue weighted by Crippen LogP contribution is 2.35. The number of nitrogen functional groups attached to an aromatic ring is 1. The van der Waals surface area contributed by atoms with Crippen molar-refractivity contribution < 1.29 is 13.2 Å². The maximum absolute atomic E-state index is 11.7. The molecule has 4 N–H and O–H groups in total. The fourth-order valence-electron chi connectivity index (χ4n) is 1.70. The largest absolute Gasteiger partial charge is 0.495 e. The Morgan fingerprint density at radius 1 is 1.26 bits per heavy atom. The molecular weight excluding hydrogens is 268 g/mol. The van der Waals surface area contributed by atoms with Gasteiger partial charge in [0.05, 0.1) is 19.0 Å². The van der Waals surface area contributed by atoms with Gasteiger partial charge in [0.15, 0.2) is 0 Å². The topological polar surface area (TPSA) is 121 Å². The summed E-state index contributed by atoms with van der Waals surface area (Å²) in [5.41, 5.74) is 6.66. The van der Waals surface area contributed by atoms with Gasteiger partial charge < -0.3 is 10.5 Å². The SMILES string of the molecule is COc1cc(N)cc(-c2cnccn2)c1S(N)(=O)=O. The molecule has 7 nitrogen and oxygen atoms in total. The van der Waals surface area contributed by atoms with E-state index in [0.717, 1.165) is 0 Å². The smallest absolute Gasteiger partial charge is 0.242 e.